The van der Waals surface area contributed by atoms with Gasteiger partial charge < -0.3 is 14.9 Å². The molecule has 0 spiro atoms. The fraction of sp³-hybridized carbons (Fsp3) is 0.800. The molecule has 2 fully saturated rings. The van der Waals surface area contributed by atoms with Crippen LogP contribution in [-0.2, 0) is 14.4 Å². The van der Waals surface area contributed by atoms with Gasteiger partial charge in [0.05, 0.1) is 11.8 Å². The SMILES string of the molecule is CCC(C)C(=O)N1CSCC1C(=O)N1C[C@@H](C)[C@H](C(=O)O)C1. The number of likely N-dealkylation sites (tertiary alicyclic amines) is 1. The minimum Gasteiger partial charge on any atom is -0.481 e. The number of hydrogen-bond donors (Lipinski definition) is 1. The third kappa shape index (κ3) is 3.24. The van der Waals surface area contributed by atoms with E-state index in [1.54, 1.807) is 21.6 Å². The summed E-state index contributed by atoms with van der Waals surface area (Å²) in [5.41, 5.74) is 0. The van der Waals surface area contributed by atoms with Gasteiger partial charge >= 0.3 is 5.97 Å². The zero-order valence-electron chi connectivity index (χ0n) is 13.3. The van der Waals surface area contributed by atoms with Gasteiger partial charge in [-0.05, 0) is 12.3 Å². The Bertz CT molecular complexity index is 470. The van der Waals surface area contributed by atoms with E-state index < -0.39 is 17.9 Å². The van der Waals surface area contributed by atoms with Gasteiger partial charge in [-0.25, -0.2) is 0 Å². The Kier molecular flexibility index (Phi) is 5.36. The molecule has 6 nitrogen and oxygen atoms in total. The molecule has 1 N–H and O–H groups in total. The summed E-state index contributed by atoms with van der Waals surface area (Å²) >= 11 is 1.58. The highest BCUT2D eigenvalue weighted by atomic mass is 32.2. The van der Waals surface area contributed by atoms with Gasteiger partial charge in [0.2, 0.25) is 11.8 Å². The quantitative estimate of drug-likeness (QED) is 0.836. The van der Waals surface area contributed by atoms with Crippen LogP contribution < -0.4 is 0 Å². The van der Waals surface area contributed by atoms with E-state index in [9.17, 15) is 19.5 Å². The van der Waals surface area contributed by atoms with Crippen LogP contribution in [0.3, 0.4) is 0 Å². The van der Waals surface area contributed by atoms with Crippen molar-refractivity contribution in [2.24, 2.45) is 17.8 Å². The predicted octanol–water partition coefficient (Wildman–Crippen LogP) is 1.11. The van der Waals surface area contributed by atoms with Crippen molar-refractivity contribution in [3.63, 3.8) is 0 Å². The lowest BCUT2D eigenvalue weighted by Crippen LogP contribution is -2.49. The van der Waals surface area contributed by atoms with Gasteiger partial charge in [-0.15, -0.1) is 11.8 Å². The van der Waals surface area contributed by atoms with Crippen LogP contribution in [0.5, 0.6) is 0 Å². The Morgan fingerprint density at radius 2 is 2.00 bits per heavy atom. The molecule has 22 heavy (non-hydrogen) atoms. The number of amides is 2. The van der Waals surface area contributed by atoms with Crippen LogP contribution in [0.4, 0.5) is 0 Å². The normalized spacial score (nSPS) is 29.7. The number of hydrogen-bond acceptors (Lipinski definition) is 4. The fourth-order valence-electron chi connectivity index (χ4n) is 3.00. The molecule has 0 aromatic heterocycles. The molecule has 0 radical (unpaired) electrons. The minimum atomic E-state index is -0.851. The molecule has 0 bridgehead atoms. The summed E-state index contributed by atoms with van der Waals surface area (Å²) in [4.78, 5) is 39.6. The molecule has 0 saturated carbocycles. The summed E-state index contributed by atoms with van der Waals surface area (Å²) < 4.78 is 0. The fourth-order valence-corrected chi connectivity index (χ4v) is 4.16. The summed E-state index contributed by atoms with van der Waals surface area (Å²) in [7, 11) is 0. The molecule has 0 aliphatic carbocycles. The Morgan fingerprint density at radius 1 is 1.32 bits per heavy atom. The van der Waals surface area contributed by atoms with Crippen LogP contribution in [0.1, 0.15) is 27.2 Å². The topological polar surface area (TPSA) is 77.9 Å². The molecule has 0 aromatic carbocycles. The Hall–Kier alpha value is -1.24. The second kappa shape index (κ2) is 6.89. The lowest BCUT2D eigenvalue weighted by molar-refractivity contribution is -0.145. The predicted molar refractivity (Wildman–Crippen MR) is 84.3 cm³/mol. The summed E-state index contributed by atoms with van der Waals surface area (Å²) in [6.07, 6.45) is 0.753. The van der Waals surface area contributed by atoms with E-state index in [1.807, 2.05) is 20.8 Å². The van der Waals surface area contributed by atoms with Crippen molar-refractivity contribution in [2.45, 2.75) is 33.2 Å². The van der Waals surface area contributed by atoms with Gasteiger partial charge in [-0.1, -0.05) is 20.8 Å². The second-order valence-corrected chi connectivity index (χ2v) is 7.30. The Balaban J connectivity index is 2.06. The average molecular weight is 328 g/mol. The van der Waals surface area contributed by atoms with Crippen LogP contribution in [0.25, 0.3) is 0 Å². The number of rotatable bonds is 4. The molecule has 4 atom stereocenters. The van der Waals surface area contributed by atoms with E-state index in [0.717, 1.165) is 6.42 Å². The number of carbonyl (C=O) groups excluding carboxylic acids is 2. The van der Waals surface area contributed by atoms with Crippen molar-refractivity contribution in [1.29, 1.82) is 0 Å². The molecular weight excluding hydrogens is 304 g/mol. The summed E-state index contributed by atoms with van der Waals surface area (Å²) in [6.45, 7) is 6.41. The molecule has 2 unspecified atom stereocenters. The average Bonchev–Trinajstić information content (AvgIpc) is 3.11. The smallest absolute Gasteiger partial charge is 0.308 e. The van der Waals surface area contributed by atoms with Crippen LogP contribution in [0.15, 0.2) is 0 Å². The third-order valence-corrected chi connectivity index (χ3v) is 5.74. The standard InChI is InChI=1S/C15H24N2O4S/c1-4-9(2)13(18)17-8-22-7-12(17)14(19)16-5-10(3)11(6-16)15(20)21/h9-12H,4-8H2,1-3H3,(H,20,21)/t9?,10-,11-,12?/m1/s1. The van der Waals surface area contributed by atoms with Crippen LogP contribution in [0, 0.1) is 17.8 Å². The monoisotopic (exact) mass is 328 g/mol. The van der Waals surface area contributed by atoms with Gasteiger partial charge in [0.1, 0.15) is 6.04 Å². The van der Waals surface area contributed by atoms with Crippen molar-refractivity contribution >= 4 is 29.5 Å². The van der Waals surface area contributed by atoms with Crippen molar-refractivity contribution in [2.75, 3.05) is 24.7 Å². The number of thioether (sulfide) groups is 1. The number of carboxylic acids is 1. The first-order valence-corrected chi connectivity index (χ1v) is 8.92. The number of nitrogens with zero attached hydrogens (tertiary/aromatic N) is 2. The first-order chi connectivity index (χ1) is 10.4. The van der Waals surface area contributed by atoms with E-state index in [0.29, 0.717) is 18.2 Å². The molecule has 2 aliphatic rings. The zero-order valence-corrected chi connectivity index (χ0v) is 14.1. The molecule has 0 aromatic rings. The van der Waals surface area contributed by atoms with Gasteiger partial charge in [0.15, 0.2) is 0 Å². The van der Waals surface area contributed by atoms with E-state index >= 15 is 0 Å². The summed E-state index contributed by atoms with van der Waals surface area (Å²) in [5, 5.41) is 9.19. The number of carboxylic acid groups (broad SMARTS) is 1. The maximum Gasteiger partial charge on any atom is 0.308 e. The Labute approximate surface area is 135 Å². The van der Waals surface area contributed by atoms with Crippen molar-refractivity contribution < 1.29 is 19.5 Å². The molecular formula is C15H24N2O4S. The largest absolute Gasteiger partial charge is 0.481 e. The molecule has 124 valence electrons. The summed E-state index contributed by atoms with van der Waals surface area (Å²) in [5.74, 6) is -0.417. The number of aliphatic carboxylic acids is 1. The highest BCUT2D eigenvalue weighted by Crippen LogP contribution is 2.29. The maximum absolute atomic E-state index is 12.7. The summed E-state index contributed by atoms with van der Waals surface area (Å²) in [6, 6.07) is -0.439. The highest BCUT2D eigenvalue weighted by Gasteiger charge is 2.43. The molecule has 2 amide bonds. The maximum atomic E-state index is 12.7. The first kappa shape index (κ1) is 17.1. The van der Waals surface area contributed by atoms with Crippen LogP contribution in [-0.4, -0.2) is 63.5 Å². The third-order valence-electron chi connectivity index (χ3n) is 4.73. The van der Waals surface area contributed by atoms with E-state index in [2.05, 4.69) is 0 Å². The molecule has 2 rings (SSSR count). The van der Waals surface area contributed by atoms with Gasteiger partial charge in [-0.2, -0.15) is 0 Å². The molecule has 2 heterocycles. The van der Waals surface area contributed by atoms with Gasteiger partial charge in [0, 0.05) is 24.8 Å². The van der Waals surface area contributed by atoms with Crippen molar-refractivity contribution in [3.05, 3.63) is 0 Å². The first-order valence-electron chi connectivity index (χ1n) is 7.76. The van der Waals surface area contributed by atoms with E-state index in [1.165, 1.54) is 0 Å². The van der Waals surface area contributed by atoms with Gasteiger partial charge in [-0.3, -0.25) is 14.4 Å². The van der Waals surface area contributed by atoms with Crippen LogP contribution in [0.2, 0.25) is 0 Å². The molecule has 7 heteroatoms. The van der Waals surface area contributed by atoms with E-state index in [4.69, 9.17) is 0 Å². The van der Waals surface area contributed by atoms with Gasteiger partial charge in [0.25, 0.3) is 0 Å². The van der Waals surface area contributed by atoms with Crippen molar-refractivity contribution in [1.82, 2.24) is 9.80 Å². The highest BCUT2D eigenvalue weighted by molar-refractivity contribution is 7.99. The number of carbonyl (C=O) groups is 3. The minimum absolute atomic E-state index is 0.0212. The molecule has 2 aliphatic heterocycles. The lowest BCUT2D eigenvalue weighted by atomic mass is 9.99. The van der Waals surface area contributed by atoms with Crippen LogP contribution >= 0.6 is 11.8 Å². The molecule has 2 saturated heterocycles. The Morgan fingerprint density at radius 3 is 2.55 bits per heavy atom. The van der Waals surface area contributed by atoms with E-state index in [-0.39, 0.29) is 30.2 Å². The van der Waals surface area contributed by atoms with Crippen molar-refractivity contribution in [3.8, 4) is 0 Å². The zero-order chi connectivity index (χ0) is 16.4. The second-order valence-electron chi connectivity index (χ2n) is 6.30. The lowest BCUT2D eigenvalue weighted by Gasteiger charge is -2.29.